The number of rotatable bonds is 3. The maximum atomic E-state index is 6.00. The van der Waals surface area contributed by atoms with Crippen LogP contribution < -0.4 is 0 Å². The molecule has 4 aliphatic rings. The molecule has 2 heterocycles. The largest absolute Gasteiger partial charge is 0.234 e. The van der Waals surface area contributed by atoms with Gasteiger partial charge < -0.3 is 0 Å². The summed E-state index contributed by atoms with van der Waals surface area (Å²) in [4.78, 5) is 0.944. The highest BCUT2D eigenvalue weighted by Crippen LogP contribution is 2.60. The van der Waals surface area contributed by atoms with Gasteiger partial charge in [0.05, 0.1) is 0 Å². The van der Waals surface area contributed by atoms with Crippen molar-refractivity contribution in [1.82, 2.24) is 19.8 Å². The van der Waals surface area contributed by atoms with Gasteiger partial charge in [-0.15, -0.1) is 10.2 Å². The topological polar surface area (TPSA) is 43.1 Å². The lowest BCUT2D eigenvalue weighted by atomic mass is 9.49. The van der Waals surface area contributed by atoms with Gasteiger partial charge in [-0.05, 0) is 74.0 Å². The summed E-state index contributed by atoms with van der Waals surface area (Å²) in [5, 5.41) is 15.9. The molecule has 0 saturated heterocycles. The first-order valence-corrected chi connectivity index (χ1v) is 10.8. The normalized spacial score (nSPS) is 32.6. The van der Waals surface area contributed by atoms with Gasteiger partial charge in [0.2, 0.25) is 4.96 Å². The molecule has 4 nitrogen and oxygen atoms in total. The molecule has 7 rings (SSSR count). The SMILES string of the molecule is Clc1ccc(Cc2nn3c(C45CC6CC(CC(C6)C4)C5)nnc3s2)cc1. The van der Waals surface area contributed by atoms with Crippen LogP contribution in [0.1, 0.15) is 54.9 Å². The molecule has 4 aliphatic carbocycles. The van der Waals surface area contributed by atoms with Crippen LogP contribution in [0.4, 0.5) is 0 Å². The number of fused-ring (bicyclic) bond motifs is 1. The van der Waals surface area contributed by atoms with Crippen molar-refractivity contribution in [2.75, 3.05) is 0 Å². The summed E-state index contributed by atoms with van der Waals surface area (Å²) in [5.41, 5.74) is 1.47. The molecule has 2 aromatic heterocycles. The van der Waals surface area contributed by atoms with Crippen LogP contribution in [0.15, 0.2) is 24.3 Å². The highest BCUT2D eigenvalue weighted by molar-refractivity contribution is 7.16. The van der Waals surface area contributed by atoms with Crippen LogP contribution in [0.3, 0.4) is 0 Å². The molecule has 4 saturated carbocycles. The lowest BCUT2D eigenvalue weighted by Crippen LogP contribution is -2.49. The lowest BCUT2D eigenvalue weighted by Gasteiger charge is -2.55. The molecule has 4 fully saturated rings. The summed E-state index contributed by atoms with van der Waals surface area (Å²) in [7, 11) is 0. The average molecular weight is 385 g/mol. The highest BCUT2D eigenvalue weighted by Gasteiger charge is 2.54. The molecular formula is C20H21ClN4S. The summed E-state index contributed by atoms with van der Waals surface area (Å²) in [6, 6.07) is 8.03. The number of benzene rings is 1. The van der Waals surface area contributed by atoms with Crippen LogP contribution in [0.5, 0.6) is 0 Å². The average Bonchev–Trinajstić information content (AvgIpc) is 3.15. The number of nitrogens with zero attached hydrogens (tertiary/aromatic N) is 4. The van der Waals surface area contributed by atoms with E-state index in [1.165, 1.54) is 44.1 Å². The zero-order valence-electron chi connectivity index (χ0n) is 14.6. The molecule has 6 heteroatoms. The standard InChI is InChI=1S/C20H21ClN4S/c21-16-3-1-12(2-4-16)8-17-24-25-18(22-23-19(25)26-17)20-9-13-5-14(10-20)7-15(6-13)11-20/h1-4,13-15H,5-11H2. The van der Waals surface area contributed by atoms with Gasteiger partial charge in [-0.25, -0.2) is 0 Å². The van der Waals surface area contributed by atoms with Crippen LogP contribution in [-0.4, -0.2) is 19.8 Å². The van der Waals surface area contributed by atoms with E-state index in [1.54, 1.807) is 11.3 Å². The van der Waals surface area contributed by atoms with Crippen molar-refractivity contribution in [3.63, 3.8) is 0 Å². The van der Waals surface area contributed by atoms with E-state index in [0.29, 0.717) is 0 Å². The molecule has 0 amide bonds. The minimum atomic E-state index is 0.236. The van der Waals surface area contributed by atoms with E-state index in [2.05, 4.69) is 26.8 Å². The Hall–Kier alpha value is -1.46. The first-order valence-electron chi connectivity index (χ1n) is 9.63. The summed E-state index contributed by atoms with van der Waals surface area (Å²) in [5.74, 6) is 3.85. The van der Waals surface area contributed by atoms with E-state index in [-0.39, 0.29) is 5.41 Å². The Morgan fingerprint density at radius 3 is 2.31 bits per heavy atom. The molecule has 4 bridgehead atoms. The fourth-order valence-corrected chi connectivity index (χ4v) is 7.21. The maximum absolute atomic E-state index is 6.00. The van der Waals surface area contributed by atoms with Gasteiger partial charge in [-0.3, -0.25) is 0 Å². The molecule has 1 aromatic carbocycles. The number of halogens is 1. The van der Waals surface area contributed by atoms with E-state index < -0.39 is 0 Å². The third kappa shape index (κ3) is 2.36. The Balaban J connectivity index is 1.36. The molecule has 0 spiro atoms. The van der Waals surface area contributed by atoms with E-state index in [0.717, 1.165) is 45.0 Å². The Labute approximate surface area is 161 Å². The third-order valence-electron chi connectivity index (χ3n) is 6.81. The number of aromatic nitrogens is 4. The molecule has 0 atom stereocenters. The van der Waals surface area contributed by atoms with Gasteiger partial charge in [-0.1, -0.05) is 35.1 Å². The third-order valence-corrected chi connectivity index (χ3v) is 7.96. The maximum Gasteiger partial charge on any atom is 0.234 e. The van der Waals surface area contributed by atoms with Crippen LogP contribution in [0, 0.1) is 17.8 Å². The minimum absolute atomic E-state index is 0.236. The van der Waals surface area contributed by atoms with Crippen molar-refractivity contribution in [2.45, 2.75) is 50.4 Å². The first kappa shape index (κ1) is 15.6. The second kappa shape index (κ2) is 5.52. The monoisotopic (exact) mass is 384 g/mol. The van der Waals surface area contributed by atoms with Gasteiger partial charge in [-0.2, -0.15) is 9.61 Å². The number of hydrogen-bond donors (Lipinski definition) is 0. The lowest BCUT2D eigenvalue weighted by molar-refractivity contribution is -0.0103. The molecule has 0 unspecified atom stereocenters. The zero-order valence-corrected chi connectivity index (χ0v) is 16.1. The van der Waals surface area contributed by atoms with Gasteiger partial charge >= 0.3 is 0 Å². The van der Waals surface area contributed by atoms with Crippen molar-refractivity contribution in [3.8, 4) is 0 Å². The van der Waals surface area contributed by atoms with E-state index in [4.69, 9.17) is 16.7 Å². The Bertz CT molecular complexity index is 938. The summed E-state index contributed by atoms with van der Waals surface area (Å²) < 4.78 is 2.07. The molecule has 0 radical (unpaired) electrons. The van der Waals surface area contributed by atoms with Crippen molar-refractivity contribution in [1.29, 1.82) is 0 Å². The molecule has 3 aromatic rings. The molecule has 0 aliphatic heterocycles. The molecule has 134 valence electrons. The van der Waals surface area contributed by atoms with Crippen LogP contribution in [-0.2, 0) is 11.8 Å². The Kier molecular flexibility index (Phi) is 3.31. The van der Waals surface area contributed by atoms with E-state index >= 15 is 0 Å². The summed E-state index contributed by atoms with van der Waals surface area (Å²) >= 11 is 7.66. The van der Waals surface area contributed by atoms with Gasteiger partial charge in [0.1, 0.15) is 5.01 Å². The zero-order chi connectivity index (χ0) is 17.3. The van der Waals surface area contributed by atoms with Gasteiger partial charge in [0.25, 0.3) is 0 Å². The second-order valence-corrected chi connectivity index (χ2v) is 10.2. The Morgan fingerprint density at radius 1 is 1.00 bits per heavy atom. The van der Waals surface area contributed by atoms with Gasteiger partial charge in [0, 0.05) is 16.9 Å². The fourth-order valence-electron chi connectivity index (χ4n) is 6.22. The van der Waals surface area contributed by atoms with E-state index in [9.17, 15) is 0 Å². The molecule has 0 N–H and O–H groups in total. The predicted octanol–water partition coefficient (Wildman–Crippen LogP) is 4.90. The Morgan fingerprint density at radius 2 is 1.65 bits per heavy atom. The molecule has 26 heavy (non-hydrogen) atoms. The first-order chi connectivity index (χ1) is 12.7. The van der Waals surface area contributed by atoms with Crippen molar-refractivity contribution < 1.29 is 0 Å². The van der Waals surface area contributed by atoms with Crippen LogP contribution >= 0.6 is 22.9 Å². The fraction of sp³-hybridized carbons (Fsp3) is 0.550. The molecular weight excluding hydrogens is 364 g/mol. The van der Waals surface area contributed by atoms with E-state index in [1.807, 2.05) is 12.1 Å². The van der Waals surface area contributed by atoms with Crippen molar-refractivity contribution in [3.05, 3.63) is 45.7 Å². The van der Waals surface area contributed by atoms with Crippen molar-refractivity contribution >= 4 is 27.9 Å². The minimum Gasteiger partial charge on any atom is -0.187 e. The quantitative estimate of drug-likeness (QED) is 0.645. The second-order valence-electron chi connectivity index (χ2n) is 8.71. The van der Waals surface area contributed by atoms with Crippen LogP contribution in [0.25, 0.3) is 4.96 Å². The number of hydrogen-bond acceptors (Lipinski definition) is 4. The van der Waals surface area contributed by atoms with Gasteiger partial charge in [0.15, 0.2) is 5.82 Å². The van der Waals surface area contributed by atoms with Crippen molar-refractivity contribution in [2.24, 2.45) is 17.8 Å². The summed E-state index contributed by atoms with van der Waals surface area (Å²) in [6.07, 6.45) is 9.04. The predicted molar refractivity (Wildman–Crippen MR) is 103 cm³/mol. The smallest absolute Gasteiger partial charge is 0.187 e. The van der Waals surface area contributed by atoms with Crippen LogP contribution in [0.2, 0.25) is 5.02 Å². The summed E-state index contributed by atoms with van der Waals surface area (Å²) in [6.45, 7) is 0. The highest BCUT2D eigenvalue weighted by atomic mass is 35.5.